The summed E-state index contributed by atoms with van der Waals surface area (Å²) in [5, 5.41) is 10.2. The third-order valence-corrected chi connectivity index (χ3v) is 1.71. The molecule has 0 aromatic rings. The molecule has 0 bridgehead atoms. The minimum absolute atomic E-state index is 0.280. The van der Waals surface area contributed by atoms with Gasteiger partial charge in [0.2, 0.25) is 5.70 Å². The summed E-state index contributed by atoms with van der Waals surface area (Å²) in [5.41, 5.74) is 1.36. The Labute approximate surface area is 66.3 Å². The van der Waals surface area contributed by atoms with Gasteiger partial charge in [-0.05, 0) is 6.42 Å². The third-order valence-electron chi connectivity index (χ3n) is 1.71. The zero-order chi connectivity index (χ0) is 8.27. The number of hydrogen-bond donors (Lipinski definition) is 0. The van der Waals surface area contributed by atoms with Gasteiger partial charge in [0.05, 0.1) is 12.8 Å². The highest BCUT2D eigenvalue weighted by Crippen LogP contribution is 2.19. The van der Waals surface area contributed by atoms with Crippen LogP contribution in [0.5, 0.6) is 0 Å². The van der Waals surface area contributed by atoms with Gasteiger partial charge >= 0.3 is 0 Å². The first-order valence-electron chi connectivity index (χ1n) is 3.47. The van der Waals surface area contributed by atoms with Crippen molar-refractivity contribution in [2.75, 3.05) is 0 Å². The molecule has 0 N–H and O–H groups in total. The van der Waals surface area contributed by atoms with Crippen molar-refractivity contribution < 1.29 is 4.92 Å². The monoisotopic (exact) mass is 149 g/mol. The number of nitrogens with zero attached hydrogens (tertiary/aromatic N) is 1. The van der Waals surface area contributed by atoms with Crippen LogP contribution in [-0.2, 0) is 0 Å². The van der Waals surface area contributed by atoms with Gasteiger partial charge in [-0.15, -0.1) is 0 Å². The molecule has 0 aromatic heterocycles. The predicted molar refractivity (Wildman–Crippen MR) is 43.0 cm³/mol. The van der Waals surface area contributed by atoms with Crippen LogP contribution in [0.1, 0.15) is 12.8 Å². The Hall–Kier alpha value is -1.06. The molecule has 0 saturated carbocycles. The van der Waals surface area contributed by atoms with E-state index in [4.69, 9.17) is 7.85 Å². The highest BCUT2D eigenvalue weighted by molar-refractivity contribution is 6.10. The Kier molecular flexibility index (Phi) is 2.46. The minimum Gasteiger partial charge on any atom is -0.259 e. The molecule has 1 aliphatic carbocycles. The van der Waals surface area contributed by atoms with E-state index in [-0.39, 0.29) is 10.6 Å². The van der Waals surface area contributed by atoms with E-state index in [1.165, 1.54) is 6.08 Å². The van der Waals surface area contributed by atoms with E-state index in [2.05, 4.69) is 0 Å². The van der Waals surface area contributed by atoms with Crippen LogP contribution in [0, 0.1) is 10.1 Å². The first kappa shape index (κ1) is 8.05. The van der Waals surface area contributed by atoms with Gasteiger partial charge in [0.1, 0.15) is 0 Å². The van der Waals surface area contributed by atoms with Crippen LogP contribution in [0.15, 0.2) is 23.4 Å². The van der Waals surface area contributed by atoms with Crippen molar-refractivity contribution in [3.63, 3.8) is 0 Å². The molecule has 0 atom stereocenters. The zero-order valence-electron chi connectivity index (χ0n) is 6.12. The SMILES string of the molecule is [B]CC1=CC=C([N+](=O)[O-])CC1. The van der Waals surface area contributed by atoms with Crippen molar-refractivity contribution in [2.24, 2.45) is 0 Å². The van der Waals surface area contributed by atoms with Crippen LogP contribution in [0.2, 0.25) is 6.32 Å². The van der Waals surface area contributed by atoms with Crippen molar-refractivity contribution in [1.29, 1.82) is 0 Å². The molecule has 0 saturated heterocycles. The van der Waals surface area contributed by atoms with E-state index in [1.54, 1.807) is 6.08 Å². The van der Waals surface area contributed by atoms with Crippen LogP contribution < -0.4 is 0 Å². The molecule has 0 unspecified atom stereocenters. The van der Waals surface area contributed by atoms with Crippen molar-refractivity contribution in [1.82, 2.24) is 0 Å². The lowest BCUT2D eigenvalue weighted by molar-refractivity contribution is -0.428. The van der Waals surface area contributed by atoms with Gasteiger partial charge in [-0.25, -0.2) is 0 Å². The van der Waals surface area contributed by atoms with Crippen molar-refractivity contribution in [3.05, 3.63) is 33.5 Å². The van der Waals surface area contributed by atoms with Crippen molar-refractivity contribution in [3.8, 4) is 0 Å². The summed E-state index contributed by atoms with van der Waals surface area (Å²) < 4.78 is 0. The van der Waals surface area contributed by atoms with E-state index in [0.717, 1.165) is 12.0 Å². The maximum absolute atomic E-state index is 10.2. The third kappa shape index (κ3) is 1.93. The molecular weight excluding hydrogens is 141 g/mol. The summed E-state index contributed by atoms with van der Waals surface area (Å²) in [6.07, 6.45) is 5.01. The van der Waals surface area contributed by atoms with Crippen LogP contribution in [0.3, 0.4) is 0 Å². The predicted octanol–water partition coefficient (Wildman–Crippen LogP) is 1.45. The first-order valence-corrected chi connectivity index (χ1v) is 3.47. The average Bonchev–Trinajstić information content (AvgIpc) is 2.05. The highest BCUT2D eigenvalue weighted by Gasteiger charge is 2.13. The minimum atomic E-state index is -0.343. The maximum atomic E-state index is 10.2. The number of nitro groups is 1. The average molecular weight is 149 g/mol. The number of rotatable bonds is 2. The molecule has 0 aliphatic heterocycles. The summed E-state index contributed by atoms with van der Waals surface area (Å²) >= 11 is 0. The molecule has 1 rings (SSSR count). The van der Waals surface area contributed by atoms with Gasteiger partial charge in [0.25, 0.3) is 0 Å². The highest BCUT2D eigenvalue weighted by atomic mass is 16.6. The zero-order valence-corrected chi connectivity index (χ0v) is 6.12. The molecule has 0 heterocycles. The fourth-order valence-corrected chi connectivity index (χ4v) is 0.992. The summed E-state index contributed by atoms with van der Waals surface area (Å²) in [5.74, 6) is 0. The van der Waals surface area contributed by atoms with E-state index < -0.39 is 0 Å². The van der Waals surface area contributed by atoms with E-state index >= 15 is 0 Å². The molecule has 0 aromatic carbocycles. The lowest BCUT2D eigenvalue weighted by Gasteiger charge is -2.06. The van der Waals surface area contributed by atoms with Crippen LogP contribution in [0.25, 0.3) is 0 Å². The Morgan fingerprint density at radius 3 is 2.64 bits per heavy atom. The summed E-state index contributed by atoms with van der Waals surface area (Å²) in [6, 6.07) is 0. The summed E-state index contributed by atoms with van der Waals surface area (Å²) in [6.45, 7) is 0. The Bertz CT molecular complexity index is 233. The quantitative estimate of drug-likeness (QED) is 0.338. The molecule has 56 valence electrons. The Morgan fingerprint density at radius 1 is 1.55 bits per heavy atom. The second-order valence-electron chi connectivity index (χ2n) is 2.44. The standard InChI is InChI=1S/C7H8BNO2/c8-5-6-1-3-7(4-2-6)9(10)11/h1,3H,2,4-5H2. The summed E-state index contributed by atoms with van der Waals surface area (Å²) in [7, 11) is 5.36. The molecule has 1 aliphatic rings. The fraction of sp³-hybridized carbons (Fsp3) is 0.429. The molecule has 11 heavy (non-hydrogen) atoms. The van der Waals surface area contributed by atoms with Gasteiger partial charge < -0.3 is 0 Å². The van der Waals surface area contributed by atoms with Crippen LogP contribution in [-0.4, -0.2) is 12.8 Å². The second kappa shape index (κ2) is 3.37. The van der Waals surface area contributed by atoms with E-state index in [1.807, 2.05) is 0 Å². The van der Waals surface area contributed by atoms with Crippen molar-refractivity contribution in [2.45, 2.75) is 19.2 Å². The number of hydrogen-bond acceptors (Lipinski definition) is 2. The lowest BCUT2D eigenvalue weighted by Crippen LogP contribution is -2.02. The Balaban J connectivity index is 2.69. The van der Waals surface area contributed by atoms with Crippen LogP contribution >= 0.6 is 0 Å². The van der Waals surface area contributed by atoms with Gasteiger partial charge in [-0.3, -0.25) is 10.1 Å². The Morgan fingerprint density at radius 2 is 2.27 bits per heavy atom. The van der Waals surface area contributed by atoms with Crippen molar-refractivity contribution >= 4 is 7.85 Å². The molecule has 4 heteroatoms. The molecule has 0 fully saturated rings. The lowest BCUT2D eigenvalue weighted by atomic mass is 9.90. The van der Waals surface area contributed by atoms with E-state index in [0.29, 0.717) is 12.7 Å². The normalized spacial score (nSPS) is 17.1. The molecule has 3 nitrogen and oxygen atoms in total. The molecule has 2 radical (unpaired) electrons. The molecule has 0 amide bonds. The largest absolute Gasteiger partial charge is 0.259 e. The smallest absolute Gasteiger partial charge is 0.246 e. The first-order chi connectivity index (χ1) is 5.24. The fourth-order valence-electron chi connectivity index (χ4n) is 0.992. The van der Waals surface area contributed by atoms with Crippen LogP contribution in [0.4, 0.5) is 0 Å². The maximum Gasteiger partial charge on any atom is 0.246 e. The molecule has 0 spiro atoms. The van der Waals surface area contributed by atoms with Gasteiger partial charge in [-0.1, -0.05) is 18.0 Å². The second-order valence-corrected chi connectivity index (χ2v) is 2.44. The van der Waals surface area contributed by atoms with E-state index in [9.17, 15) is 10.1 Å². The topological polar surface area (TPSA) is 43.1 Å². The number of allylic oxidation sites excluding steroid dienone is 4. The summed E-state index contributed by atoms with van der Waals surface area (Å²) in [4.78, 5) is 9.88. The van der Waals surface area contributed by atoms with Gasteiger partial charge in [0, 0.05) is 12.5 Å². The van der Waals surface area contributed by atoms with Gasteiger partial charge in [-0.2, -0.15) is 0 Å². The molecular formula is C7H8BNO2. The van der Waals surface area contributed by atoms with Gasteiger partial charge in [0.15, 0.2) is 0 Å².